The zero-order chi connectivity index (χ0) is 17.6. The molecule has 0 spiro atoms. The summed E-state index contributed by atoms with van der Waals surface area (Å²) < 4.78 is 25.3. The Bertz CT molecular complexity index is 823. The predicted molar refractivity (Wildman–Crippen MR) is 96.7 cm³/mol. The van der Waals surface area contributed by atoms with Gasteiger partial charge >= 0.3 is 0 Å². The molecule has 0 aliphatic heterocycles. The van der Waals surface area contributed by atoms with E-state index in [1.54, 1.807) is 54.4 Å². The van der Waals surface area contributed by atoms with Crippen molar-refractivity contribution in [3.8, 4) is 0 Å². The molecular weight excluding hydrogens is 346 g/mol. The zero-order valence-electron chi connectivity index (χ0n) is 13.4. The number of sulfonamides is 1. The molecule has 1 aromatic carbocycles. The Morgan fingerprint density at radius 1 is 1.25 bits per heavy atom. The largest absolute Gasteiger partial charge is 0.348 e. The summed E-state index contributed by atoms with van der Waals surface area (Å²) in [6.45, 7) is 2.24. The molecule has 0 aliphatic carbocycles. The van der Waals surface area contributed by atoms with Gasteiger partial charge in [0, 0.05) is 18.3 Å². The maximum atomic E-state index is 12.3. The van der Waals surface area contributed by atoms with Crippen molar-refractivity contribution < 1.29 is 13.2 Å². The van der Waals surface area contributed by atoms with Crippen molar-refractivity contribution >= 4 is 33.4 Å². The number of carbonyl (C=O) groups excluding carboxylic acids is 1. The quantitative estimate of drug-likeness (QED) is 0.736. The Kier molecular flexibility index (Phi) is 6.22. The Hall–Kier alpha value is -2.06. The van der Waals surface area contributed by atoms with Crippen LogP contribution in [0.3, 0.4) is 0 Å². The van der Waals surface area contributed by atoms with Gasteiger partial charge < -0.3 is 5.32 Å². The maximum Gasteiger partial charge on any atom is 0.251 e. The lowest BCUT2D eigenvalue weighted by Gasteiger charge is -2.11. The van der Waals surface area contributed by atoms with Crippen molar-refractivity contribution in [3.63, 3.8) is 0 Å². The average Bonchev–Trinajstić information content (AvgIpc) is 2.53. The van der Waals surface area contributed by atoms with E-state index in [9.17, 15) is 13.2 Å². The standard InChI is InChI=1S/C16H19N3O3S2/c1-3-23-15-10-12(8-9-17-15)16(20)18-11-13-6-4-5-7-14(13)19-24(2,21)22/h4-10,19H,3,11H2,1-2H3,(H,18,20). The summed E-state index contributed by atoms with van der Waals surface area (Å²) in [6, 6.07) is 10.3. The van der Waals surface area contributed by atoms with Gasteiger partial charge in [0.15, 0.2) is 0 Å². The molecule has 128 valence electrons. The molecule has 1 aromatic heterocycles. The van der Waals surface area contributed by atoms with Crippen LogP contribution >= 0.6 is 11.8 Å². The van der Waals surface area contributed by atoms with E-state index in [1.165, 1.54) is 0 Å². The second kappa shape index (κ2) is 8.16. The smallest absolute Gasteiger partial charge is 0.251 e. The fraction of sp³-hybridized carbons (Fsp3) is 0.250. The monoisotopic (exact) mass is 365 g/mol. The minimum absolute atomic E-state index is 0.218. The van der Waals surface area contributed by atoms with E-state index in [1.807, 2.05) is 6.92 Å². The summed E-state index contributed by atoms with van der Waals surface area (Å²) in [6.07, 6.45) is 2.69. The summed E-state index contributed by atoms with van der Waals surface area (Å²) in [5.41, 5.74) is 1.67. The lowest BCUT2D eigenvalue weighted by molar-refractivity contribution is 0.0950. The fourth-order valence-electron chi connectivity index (χ4n) is 2.03. The van der Waals surface area contributed by atoms with Gasteiger partial charge in [0.05, 0.1) is 17.0 Å². The summed E-state index contributed by atoms with van der Waals surface area (Å²) >= 11 is 1.56. The second-order valence-electron chi connectivity index (χ2n) is 5.03. The van der Waals surface area contributed by atoms with E-state index in [-0.39, 0.29) is 12.5 Å². The first-order valence-corrected chi connectivity index (χ1v) is 10.2. The molecular formula is C16H19N3O3S2. The highest BCUT2D eigenvalue weighted by Crippen LogP contribution is 2.17. The van der Waals surface area contributed by atoms with Crippen molar-refractivity contribution in [3.05, 3.63) is 53.7 Å². The Labute approximate surface area is 146 Å². The van der Waals surface area contributed by atoms with Gasteiger partial charge in [-0.15, -0.1) is 11.8 Å². The first-order valence-electron chi connectivity index (χ1n) is 7.32. The van der Waals surface area contributed by atoms with Crippen molar-refractivity contribution in [1.82, 2.24) is 10.3 Å². The first-order chi connectivity index (χ1) is 11.4. The summed E-state index contributed by atoms with van der Waals surface area (Å²) in [5.74, 6) is 0.646. The third-order valence-electron chi connectivity index (χ3n) is 3.04. The lowest BCUT2D eigenvalue weighted by Crippen LogP contribution is -2.24. The molecule has 0 unspecified atom stereocenters. The van der Waals surface area contributed by atoms with Gasteiger partial charge in [0.2, 0.25) is 10.0 Å². The number of hydrogen-bond donors (Lipinski definition) is 2. The number of para-hydroxylation sites is 1. The van der Waals surface area contributed by atoms with Gasteiger partial charge in [-0.25, -0.2) is 13.4 Å². The van der Waals surface area contributed by atoms with Gasteiger partial charge in [-0.2, -0.15) is 0 Å². The predicted octanol–water partition coefficient (Wildman–Crippen LogP) is 2.50. The van der Waals surface area contributed by atoms with Gasteiger partial charge in [-0.05, 0) is 29.5 Å². The van der Waals surface area contributed by atoms with Crippen LogP contribution in [-0.2, 0) is 16.6 Å². The van der Waals surface area contributed by atoms with Gasteiger partial charge in [-0.1, -0.05) is 25.1 Å². The molecule has 0 fully saturated rings. The first kappa shape index (κ1) is 18.3. The Morgan fingerprint density at radius 3 is 2.71 bits per heavy atom. The van der Waals surface area contributed by atoms with E-state index in [0.717, 1.165) is 17.0 Å². The lowest BCUT2D eigenvalue weighted by atomic mass is 10.1. The highest BCUT2D eigenvalue weighted by molar-refractivity contribution is 7.99. The molecule has 0 saturated heterocycles. The summed E-state index contributed by atoms with van der Waals surface area (Å²) in [5, 5.41) is 3.60. The van der Waals surface area contributed by atoms with Crippen molar-refractivity contribution in [2.24, 2.45) is 0 Å². The van der Waals surface area contributed by atoms with Crippen molar-refractivity contribution in [2.45, 2.75) is 18.5 Å². The molecule has 0 aliphatic rings. The Balaban J connectivity index is 2.08. The molecule has 0 atom stereocenters. The maximum absolute atomic E-state index is 12.3. The second-order valence-corrected chi connectivity index (χ2v) is 8.06. The molecule has 1 heterocycles. The van der Waals surface area contributed by atoms with E-state index < -0.39 is 10.0 Å². The molecule has 1 amide bonds. The summed E-state index contributed by atoms with van der Waals surface area (Å²) in [4.78, 5) is 16.5. The van der Waals surface area contributed by atoms with E-state index in [2.05, 4.69) is 15.0 Å². The number of anilines is 1. The molecule has 8 heteroatoms. The minimum atomic E-state index is -3.38. The van der Waals surface area contributed by atoms with Gasteiger partial charge in [-0.3, -0.25) is 9.52 Å². The molecule has 0 radical (unpaired) electrons. The molecule has 2 aromatic rings. The number of rotatable bonds is 7. The van der Waals surface area contributed by atoms with Gasteiger partial charge in [0.1, 0.15) is 0 Å². The van der Waals surface area contributed by atoms with Crippen LogP contribution < -0.4 is 10.0 Å². The van der Waals surface area contributed by atoms with E-state index >= 15 is 0 Å². The van der Waals surface area contributed by atoms with E-state index in [4.69, 9.17) is 0 Å². The summed E-state index contributed by atoms with van der Waals surface area (Å²) in [7, 11) is -3.38. The van der Waals surface area contributed by atoms with E-state index in [0.29, 0.717) is 16.8 Å². The van der Waals surface area contributed by atoms with Crippen LogP contribution in [0, 0.1) is 0 Å². The highest BCUT2D eigenvalue weighted by Gasteiger charge is 2.10. The van der Waals surface area contributed by atoms with Crippen LogP contribution in [0.2, 0.25) is 0 Å². The highest BCUT2D eigenvalue weighted by atomic mass is 32.2. The number of nitrogens with zero attached hydrogens (tertiary/aromatic N) is 1. The average molecular weight is 365 g/mol. The van der Waals surface area contributed by atoms with Crippen LogP contribution in [0.5, 0.6) is 0 Å². The zero-order valence-corrected chi connectivity index (χ0v) is 15.1. The third-order valence-corrected chi connectivity index (χ3v) is 4.44. The number of pyridine rings is 1. The fourth-order valence-corrected chi connectivity index (χ4v) is 3.27. The van der Waals surface area contributed by atoms with Crippen LogP contribution in [0.15, 0.2) is 47.6 Å². The number of carbonyl (C=O) groups is 1. The van der Waals surface area contributed by atoms with Crippen LogP contribution in [0.4, 0.5) is 5.69 Å². The third kappa shape index (κ3) is 5.54. The van der Waals surface area contributed by atoms with Crippen LogP contribution in [-0.4, -0.2) is 31.3 Å². The topological polar surface area (TPSA) is 88.2 Å². The minimum Gasteiger partial charge on any atom is -0.348 e. The van der Waals surface area contributed by atoms with Gasteiger partial charge in [0.25, 0.3) is 5.91 Å². The molecule has 2 rings (SSSR count). The van der Waals surface area contributed by atoms with Crippen LogP contribution in [0.1, 0.15) is 22.8 Å². The molecule has 6 nitrogen and oxygen atoms in total. The number of benzene rings is 1. The number of hydrogen-bond acceptors (Lipinski definition) is 5. The normalized spacial score (nSPS) is 11.1. The number of amides is 1. The number of nitrogens with one attached hydrogen (secondary N) is 2. The van der Waals surface area contributed by atoms with Crippen LogP contribution in [0.25, 0.3) is 0 Å². The molecule has 0 bridgehead atoms. The number of aromatic nitrogens is 1. The Morgan fingerprint density at radius 2 is 2.00 bits per heavy atom. The molecule has 24 heavy (non-hydrogen) atoms. The molecule has 0 saturated carbocycles. The molecule has 2 N–H and O–H groups in total. The SMILES string of the molecule is CCSc1cc(C(=O)NCc2ccccc2NS(C)(=O)=O)ccn1. The van der Waals surface area contributed by atoms with Crippen molar-refractivity contribution in [2.75, 3.05) is 16.7 Å². The number of thioether (sulfide) groups is 1. The van der Waals surface area contributed by atoms with Crippen molar-refractivity contribution in [1.29, 1.82) is 0 Å².